The second kappa shape index (κ2) is 16.5. The van der Waals surface area contributed by atoms with Crippen LogP contribution in [0, 0.1) is 0 Å². The van der Waals surface area contributed by atoms with Gasteiger partial charge >= 0.3 is 29.9 Å². The average molecular weight is 790 g/mol. The Morgan fingerprint density at radius 1 is 0.963 bits per heavy atom. The molecule has 2 fully saturated rings. The van der Waals surface area contributed by atoms with Crippen molar-refractivity contribution in [3.05, 3.63) is 51.5 Å². The number of likely N-dealkylation sites (tertiary alicyclic amines) is 1. The molecule has 15 nitrogen and oxygen atoms in total. The Kier molecular flexibility index (Phi) is 12.0. The van der Waals surface area contributed by atoms with Crippen LogP contribution in [0.4, 0.5) is 4.79 Å². The van der Waals surface area contributed by atoms with E-state index in [9.17, 15) is 33.9 Å². The predicted octanol–water partition coefficient (Wildman–Crippen LogP) is 3.65. The highest BCUT2D eigenvalue weighted by Crippen LogP contribution is 2.45. The van der Waals surface area contributed by atoms with Crippen molar-refractivity contribution in [2.45, 2.75) is 63.0 Å². The zero-order valence-electron chi connectivity index (χ0n) is 30.0. The third-order valence-corrected chi connectivity index (χ3v) is 10.9. The van der Waals surface area contributed by atoms with E-state index < -0.39 is 59.7 Å². The molecule has 3 amide bonds. The smallest absolute Gasteiger partial charge is 0.345 e. The largest absolute Gasteiger partial charge is 0.465 e. The summed E-state index contributed by atoms with van der Waals surface area (Å²) in [5, 5.41) is 11.5. The van der Waals surface area contributed by atoms with Gasteiger partial charge in [-0.3, -0.25) is 19.2 Å². The van der Waals surface area contributed by atoms with E-state index in [2.05, 4.69) is 4.90 Å². The number of carbonyl (C=O) groups excluding carboxylic acids is 6. The quantitative estimate of drug-likeness (QED) is 0.259. The number of fused-ring (bicyclic) bond motifs is 2. The third kappa shape index (κ3) is 8.59. The molecule has 0 radical (unpaired) electrons. The summed E-state index contributed by atoms with van der Waals surface area (Å²) in [6, 6.07) is 7.82. The number of nitrogens with zero attached hydrogens (tertiary/aromatic N) is 4. The molecule has 0 spiro atoms. The molecule has 0 aromatic heterocycles. The number of hydrogen-bond donors (Lipinski definition) is 1. The molecule has 2 aromatic carbocycles. The van der Waals surface area contributed by atoms with E-state index >= 15 is 0 Å². The molecule has 2 bridgehead atoms. The number of rotatable bonds is 11. The van der Waals surface area contributed by atoms with Crippen LogP contribution in [0.1, 0.15) is 67.3 Å². The van der Waals surface area contributed by atoms with E-state index in [0.717, 1.165) is 37.9 Å². The van der Waals surface area contributed by atoms with Crippen LogP contribution in [0.3, 0.4) is 0 Å². The summed E-state index contributed by atoms with van der Waals surface area (Å²) < 4.78 is 21.2. The predicted molar refractivity (Wildman–Crippen MR) is 193 cm³/mol. The summed E-state index contributed by atoms with van der Waals surface area (Å²) in [5.74, 6) is -5.54. The molecular formula is C37H42Cl2N4O11. The standard InChI is InChI=1S/C37H42Cl2N4O11/c1-3-51-31(46)21-42-12-4-13-43(36(42)49)24-10-15-41(16-11-24)14-9-23(22-5-7-26(38)27(39)17-22)20-40(2)34(47)25-6-8-28-33-32(25)53-30(45)19-37(50,35(48)54-33)18-29(44)52-28/h5-8,17,23-24,50H,3-4,9-16,18-21H2,1-2H3. The van der Waals surface area contributed by atoms with Gasteiger partial charge in [0.25, 0.3) is 5.91 Å². The van der Waals surface area contributed by atoms with Crippen LogP contribution in [0.25, 0.3) is 0 Å². The van der Waals surface area contributed by atoms with E-state index in [1.807, 2.05) is 11.0 Å². The molecule has 0 saturated carbocycles. The first-order valence-electron chi connectivity index (χ1n) is 17.9. The Hall–Kier alpha value is -4.44. The molecule has 54 heavy (non-hydrogen) atoms. The first-order chi connectivity index (χ1) is 25.8. The highest BCUT2D eigenvalue weighted by atomic mass is 35.5. The Labute approximate surface area is 321 Å². The number of aliphatic hydroxyl groups is 1. The molecule has 1 N–H and O–H groups in total. The average Bonchev–Trinajstić information content (AvgIpc) is 3.12. The molecular weight excluding hydrogens is 747 g/mol. The minimum atomic E-state index is -2.49. The van der Waals surface area contributed by atoms with Gasteiger partial charge in [-0.25, -0.2) is 9.59 Å². The van der Waals surface area contributed by atoms with Crippen molar-refractivity contribution in [2.75, 3.05) is 59.5 Å². The van der Waals surface area contributed by atoms with Crippen molar-refractivity contribution in [3.63, 3.8) is 0 Å². The molecule has 4 heterocycles. The number of ether oxygens (including phenoxy) is 4. The van der Waals surface area contributed by atoms with Crippen LogP contribution in [-0.2, 0) is 23.9 Å². The first kappa shape index (κ1) is 39.3. The molecule has 2 aromatic rings. The van der Waals surface area contributed by atoms with Gasteiger partial charge in [-0.15, -0.1) is 0 Å². The Morgan fingerprint density at radius 3 is 2.39 bits per heavy atom. The van der Waals surface area contributed by atoms with Crippen molar-refractivity contribution < 1.29 is 52.8 Å². The molecule has 2 unspecified atom stereocenters. The lowest BCUT2D eigenvalue weighted by Crippen LogP contribution is -2.56. The first-order valence-corrected chi connectivity index (χ1v) is 18.7. The van der Waals surface area contributed by atoms with Gasteiger partial charge in [0.15, 0.2) is 17.1 Å². The summed E-state index contributed by atoms with van der Waals surface area (Å²) >= 11 is 12.7. The summed E-state index contributed by atoms with van der Waals surface area (Å²) in [4.78, 5) is 84.7. The number of esters is 4. The molecule has 0 aliphatic carbocycles. The minimum Gasteiger partial charge on any atom is -0.465 e. The van der Waals surface area contributed by atoms with Gasteiger partial charge in [0.05, 0.1) is 35.1 Å². The molecule has 6 rings (SSSR count). The normalized spacial score (nSPS) is 21.3. The van der Waals surface area contributed by atoms with Crippen LogP contribution in [0.2, 0.25) is 10.0 Å². The maximum absolute atomic E-state index is 14.0. The summed E-state index contributed by atoms with van der Waals surface area (Å²) in [6.45, 7) is 5.48. The number of urea groups is 1. The number of carbonyl (C=O) groups is 6. The summed E-state index contributed by atoms with van der Waals surface area (Å²) in [6.07, 6.45) is 1.24. The highest BCUT2D eigenvalue weighted by Gasteiger charge is 2.48. The zero-order chi connectivity index (χ0) is 38.7. The van der Waals surface area contributed by atoms with Gasteiger partial charge in [0, 0.05) is 51.7 Å². The van der Waals surface area contributed by atoms with Gasteiger partial charge < -0.3 is 43.7 Å². The lowest BCUT2D eigenvalue weighted by molar-refractivity contribution is -0.170. The number of halogens is 2. The lowest BCUT2D eigenvalue weighted by atomic mass is 9.93. The number of benzene rings is 2. The summed E-state index contributed by atoms with van der Waals surface area (Å²) in [5.41, 5.74) is -1.76. The molecule has 2 saturated heterocycles. The molecule has 290 valence electrons. The van der Waals surface area contributed by atoms with E-state index in [4.69, 9.17) is 42.1 Å². The van der Waals surface area contributed by atoms with Crippen LogP contribution < -0.4 is 14.2 Å². The Bertz CT molecular complexity index is 1830. The SMILES string of the molecule is CCOC(=O)CN1CCCN(C2CCN(CCC(CN(C)C(=O)c3ccc4c5c3OC(=O)CC(O)(CC(=O)O4)C(=O)O5)c3ccc(Cl)c(Cl)c3)CC2)C1=O. The second-order valence-electron chi connectivity index (χ2n) is 14.0. The second-order valence-corrected chi connectivity index (χ2v) is 14.8. The topological polar surface area (TPSA) is 173 Å². The van der Waals surface area contributed by atoms with Crippen molar-refractivity contribution in [1.82, 2.24) is 19.6 Å². The van der Waals surface area contributed by atoms with Gasteiger partial charge in [0.2, 0.25) is 5.75 Å². The monoisotopic (exact) mass is 788 g/mol. The number of hydrogen-bond acceptors (Lipinski definition) is 12. The van der Waals surface area contributed by atoms with Crippen LogP contribution in [0.15, 0.2) is 30.3 Å². The van der Waals surface area contributed by atoms with Crippen molar-refractivity contribution >= 4 is 59.0 Å². The molecule has 17 heteroatoms. The Morgan fingerprint density at radius 2 is 1.69 bits per heavy atom. The fourth-order valence-electron chi connectivity index (χ4n) is 7.37. The zero-order valence-corrected chi connectivity index (χ0v) is 31.5. The minimum absolute atomic E-state index is 0.0543. The van der Waals surface area contributed by atoms with Gasteiger partial charge in [0.1, 0.15) is 6.54 Å². The lowest BCUT2D eigenvalue weighted by Gasteiger charge is -2.43. The third-order valence-electron chi connectivity index (χ3n) is 10.2. The molecule has 2 atom stereocenters. The summed E-state index contributed by atoms with van der Waals surface area (Å²) in [7, 11) is 1.58. The van der Waals surface area contributed by atoms with E-state index in [1.54, 1.807) is 31.0 Å². The van der Waals surface area contributed by atoms with Crippen LogP contribution in [0.5, 0.6) is 17.2 Å². The highest BCUT2D eigenvalue weighted by molar-refractivity contribution is 6.42. The maximum Gasteiger partial charge on any atom is 0.345 e. The molecule has 4 aliphatic rings. The fourth-order valence-corrected chi connectivity index (χ4v) is 7.67. The van der Waals surface area contributed by atoms with Crippen molar-refractivity contribution in [1.29, 1.82) is 0 Å². The van der Waals surface area contributed by atoms with Crippen molar-refractivity contribution in [2.24, 2.45) is 0 Å². The van der Waals surface area contributed by atoms with Gasteiger partial charge in [-0.05, 0) is 69.0 Å². The van der Waals surface area contributed by atoms with Crippen molar-refractivity contribution in [3.8, 4) is 17.2 Å². The Balaban J connectivity index is 1.15. The van der Waals surface area contributed by atoms with Crippen LogP contribution >= 0.6 is 23.2 Å². The van der Waals surface area contributed by atoms with E-state index in [0.29, 0.717) is 36.1 Å². The van der Waals surface area contributed by atoms with Gasteiger partial charge in [-0.1, -0.05) is 29.3 Å². The number of piperidine rings is 1. The van der Waals surface area contributed by atoms with E-state index in [1.165, 1.54) is 17.0 Å². The number of amides is 3. The molecule has 4 aliphatic heterocycles. The fraction of sp³-hybridized carbons (Fsp3) is 0.514. The number of likely N-dealkylation sites (N-methyl/N-ethyl adjacent to an activating group) is 1. The maximum atomic E-state index is 14.0. The van der Waals surface area contributed by atoms with E-state index in [-0.39, 0.29) is 49.0 Å². The van der Waals surface area contributed by atoms with Crippen LogP contribution in [-0.4, -0.2) is 132 Å². The van der Waals surface area contributed by atoms with Gasteiger partial charge in [-0.2, -0.15) is 0 Å².